The van der Waals surface area contributed by atoms with Gasteiger partial charge in [0.1, 0.15) is 5.82 Å². The zero-order valence-electron chi connectivity index (χ0n) is 11.3. The van der Waals surface area contributed by atoms with E-state index in [9.17, 15) is 4.79 Å². The van der Waals surface area contributed by atoms with Crippen molar-refractivity contribution in [3.8, 4) is 0 Å². The molecule has 4 heteroatoms. The number of benzene rings is 1. The number of anilines is 1. The molecule has 0 saturated heterocycles. The van der Waals surface area contributed by atoms with Crippen LogP contribution >= 0.6 is 0 Å². The van der Waals surface area contributed by atoms with E-state index in [4.69, 9.17) is 0 Å². The highest BCUT2D eigenvalue weighted by molar-refractivity contribution is 5.93. The fraction of sp³-hybridized carbons (Fsp3) is 0.429. The highest BCUT2D eigenvalue weighted by Gasteiger charge is 2.08. The first kappa shape index (κ1) is 12.6. The number of rotatable bonds is 3. The quantitative estimate of drug-likeness (QED) is 0.903. The lowest BCUT2D eigenvalue weighted by Gasteiger charge is -2.07. The van der Waals surface area contributed by atoms with Gasteiger partial charge in [0.15, 0.2) is 0 Å². The Morgan fingerprint density at radius 2 is 2.17 bits per heavy atom. The number of nitrogens with zero attached hydrogens (tertiary/aromatic N) is 2. The number of amides is 1. The van der Waals surface area contributed by atoms with Gasteiger partial charge in [-0.05, 0) is 31.0 Å². The molecule has 2 aromatic rings. The van der Waals surface area contributed by atoms with Crippen LogP contribution in [0.4, 0.5) is 5.69 Å². The molecule has 1 N–H and O–H groups in total. The first-order valence-corrected chi connectivity index (χ1v) is 6.20. The second-order valence-electron chi connectivity index (χ2n) is 5.07. The van der Waals surface area contributed by atoms with E-state index in [-0.39, 0.29) is 5.91 Å². The molecule has 1 aromatic heterocycles. The molecule has 0 fully saturated rings. The third-order valence-electron chi connectivity index (χ3n) is 2.98. The summed E-state index contributed by atoms with van der Waals surface area (Å²) in [7, 11) is 1.99. The Hall–Kier alpha value is -1.84. The van der Waals surface area contributed by atoms with Crippen LogP contribution in [-0.2, 0) is 11.8 Å². The summed E-state index contributed by atoms with van der Waals surface area (Å²) in [6.45, 7) is 6.03. The first-order valence-electron chi connectivity index (χ1n) is 6.20. The molecule has 0 bridgehead atoms. The summed E-state index contributed by atoms with van der Waals surface area (Å²) in [6, 6.07) is 5.82. The monoisotopic (exact) mass is 245 g/mol. The molecule has 0 atom stereocenters. The maximum Gasteiger partial charge on any atom is 0.224 e. The molecular formula is C14H19N3O. The number of hydrogen-bond donors (Lipinski definition) is 1. The predicted molar refractivity (Wildman–Crippen MR) is 73.5 cm³/mol. The summed E-state index contributed by atoms with van der Waals surface area (Å²) < 4.78 is 2.04. The summed E-state index contributed by atoms with van der Waals surface area (Å²) in [5, 5.41) is 2.91. The summed E-state index contributed by atoms with van der Waals surface area (Å²) in [4.78, 5) is 16.1. The van der Waals surface area contributed by atoms with Gasteiger partial charge >= 0.3 is 0 Å². The van der Waals surface area contributed by atoms with Gasteiger partial charge in [-0.15, -0.1) is 0 Å². The second-order valence-corrected chi connectivity index (χ2v) is 5.07. The van der Waals surface area contributed by atoms with Gasteiger partial charge in [-0.25, -0.2) is 4.98 Å². The predicted octanol–water partition coefficient (Wildman–Crippen LogP) is 2.87. The van der Waals surface area contributed by atoms with Gasteiger partial charge in [0.25, 0.3) is 0 Å². The standard InChI is InChI=1S/C14H19N3O/c1-9(2)7-14(18)16-11-5-6-13-12(8-11)15-10(3)17(13)4/h5-6,8-9H,7H2,1-4H3,(H,16,18). The van der Waals surface area contributed by atoms with E-state index in [1.807, 2.05) is 50.6 Å². The molecule has 18 heavy (non-hydrogen) atoms. The van der Waals surface area contributed by atoms with Gasteiger partial charge in [0, 0.05) is 19.2 Å². The van der Waals surface area contributed by atoms with E-state index < -0.39 is 0 Å². The Kier molecular flexibility index (Phi) is 3.36. The van der Waals surface area contributed by atoms with E-state index in [1.165, 1.54) is 0 Å². The van der Waals surface area contributed by atoms with Crippen LogP contribution in [0.1, 0.15) is 26.1 Å². The van der Waals surface area contributed by atoms with Crippen molar-refractivity contribution in [1.82, 2.24) is 9.55 Å². The maximum atomic E-state index is 11.7. The fourth-order valence-corrected chi connectivity index (χ4v) is 1.98. The lowest BCUT2D eigenvalue weighted by Crippen LogP contribution is -2.13. The zero-order chi connectivity index (χ0) is 13.3. The van der Waals surface area contributed by atoms with Crippen molar-refractivity contribution in [3.05, 3.63) is 24.0 Å². The third-order valence-corrected chi connectivity index (χ3v) is 2.98. The van der Waals surface area contributed by atoms with E-state index >= 15 is 0 Å². The van der Waals surface area contributed by atoms with Crippen molar-refractivity contribution in [2.45, 2.75) is 27.2 Å². The van der Waals surface area contributed by atoms with Crippen LogP contribution < -0.4 is 5.32 Å². The molecule has 0 aliphatic heterocycles. The molecule has 0 radical (unpaired) electrons. The van der Waals surface area contributed by atoms with Crippen LogP contribution in [0, 0.1) is 12.8 Å². The van der Waals surface area contributed by atoms with Gasteiger partial charge in [-0.1, -0.05) is 13.8 Å². The zero-order valence-corrected chi connectivity index (χ0v) is 11.3. The molecule has 0 saturated carbocycles. The van der Waals surface area contributed by atoms with Crippen LogP contribution in [0.25, 0.3) is 11.0 Å². The maximum absolute atomic E-state index is 11.7. The molecular weight excluding hydrogens is 226 g/mol. The van der Waals surface area contributed by atoms with Crippen molar-refractivity contribution in [2.75, 3.05) is 5.32 Å². The Bertz CT molecular complexity index is 584. The smallest absolute Gasteiger partial charge is 0.224 e. The topological polar surface area (TPSA) is 46.9 Å². The van der Waals surface area contributed by atoms with Crippen molar-refractivity contribution in [2.24, 2.45) is 13.0 Å². The average Bonchev–Trinajstić information content (AvgIpc) is 2.53. The number of aromatic nitrogens is 2. The summed E-state index contributed by atoms with van der Waals surface area (Å²) in [5.74, 6) is 1.39. The molecule has 0 aliphatic carbocycles. The van der Waals surface area contributed by atoms with E-state index in [0.29, 0.717) is 12.3 Å². The highest BCUT2D eigenvalue weighted by Crippen LogP contribution is 2.19. The second kappa shape index (κ2) is 4.80. The Morgan fingerprint density at radius 3 is 2.83 bits per heavy atom. The highest BCUT2D eigenvalue weighted by atomic mass is 16.1. The number of imidazole rings is 1. The number of fused-ring (bicyclic) bond motifs is 1. The van der Waals surface area contributed by atoms with Crippen molar-refractivity contribution in [3.63, 3.8) is 0 Å². The molecule has 1 aromatic carbocycles. The van der Waals surface area contributed by atoms with E-state index in [1.54, 1.807) is 0 Å². The minimum Gasteiger partial charge on any atom is -0.331 e. The molecule has 2 rings (SSSR count). The molecule has 1 heterocycles. The number of carbonyl (C=O) groups excluding carboxylic acids is 1. The van der Waals surface area contributed by atoms with Gasteiger partial charge in [0.2, 0.25) is 5.91 Å². The van der Waals surface area contributed by atoms with Gasteiger partial charge < -0.3 is 9.88 Å². The van der Waals surface area contributed by atoms with Crippen LogP contribution in [-0.4, -0.2) is 15.5 Å². The third kappa shape index (κ3) is 2.53. The van der Waals surface area contributed by atoms with Gasteiger partial charge in [0.05, 0.1) is 11.0 Å². The first-order chi connectivity index (χ1) is 8.47. The molecule has 0 spiro atoms. The summed E-state index contributed by atoms with van der Waals surface area (Å²) >= 11 is 0. The number of carbonyl (C=O) groups is 1. The van der Waals surface area contributed by atoms with E-state index in [2.05, 4.69) is 10.3 Å². The molecule has 4 nitrogen and oxygen atoms in total. The fourth-order valence-electron chi connectivity index (χ4n) is 1.98. The summed E-state index contributed by atoms with van der Waals surface area (Å²) in [5.41, 5.74) is 2.80. The largest absolute Gasteiger partial charge is 0.331 e. The number of hydrogen-bond acceptors (Lipinski definition) is 2. The van der Waals surface area contributed by atoms with Crippen LogP contribution in [0.3, 0.4) is 0 Å². The van der Waals surface area contributed by atoms with Gasteiger partial charge in [-0.2, -0.15) is 0 Å². The van der Waals surface area contributed by atoms with Crippen molar-refractivity contribution in [1.29, 1.82) is 0 Å². The van der Waals surface area contributed by atoms with Crippen molar-refractivity contribution < 1.29 is 4.79 Å². The van der Waals surface area contributed by atoms with Crippen molar-refractivity contribution >= 4 is 22.6 Å². The normalized spacial score (nSPS) is 11.2. The van der Waals surface area contributed by atoms with Crippen LogP contribution in [0.2, 0.25) is 0 Å². The minimum atomic E-state index is 0.0528. The molecule has 1 amide bonds. The van der Waals surface area contributed by atoms with E-state index in [0.717, 1.165) is 22.5 Å². The number of nitrogens with one attached hydrogen (secondary N) is 1. The molecule has 96 valence electrons. The SMILES string of the molecule is Cc1nc2cc(NC(=O)CC(C)C)ccc2n1C. The molecule has 0 aliphatic rings. The van der Waals surface area contributed by atoms with Crippen LogP contribution in [0.15, 0.2) is 18.2 Å². The average molecular weight is 245 g/mol. The summed E-state index contributed by atoms with van der Waals surface area (Å²) in [6.07, 6.45) is 0.541. The number of aryl methyl sites for hydroxylation is 2. The lowest BCUT2D eigenvalue weighted by atomic mass is 10.1. The van der Waals surface area contributed by atoms with Crippen LogP contribution in [0.5, 0.6) is 0 Å². The minimum absolute atomic E-state index is 0.0528. The Balaban J connectivity index is 2.23. The lowest BCUT2D eigenvalue weighted by molar-refractivity contribution is -0.116. The van der Waals surface area contributed by atoms with Gasteiger partial charge in [-0.3, -0.25) is 4.79 Å². The Morgan fingerprint density at radius 1 is 1.44 bits per heavy atom. The molecule has 0 unspecified atom stereocenters. The Labute approximate surface area is 107 Å².